The van der Waals surface area contributed by atoms with Crippen LogP contribution in [0.25, 0.3) is 0 Å². The summed E-state index contributed by atoms with van der Waals surface area (Å²) in [5.41, 5.74) is 0.744. The second kappa shape index (κ2) is 7.84. The van der Waals surface area contributed by atoms with Crippen LogP contribution in [0.4, 0.5) is 0 Å². The zero-order chi connectivity index (χ0) is 14.7. The molecule has 0 bridgehead atoms. The number of halogens is 1. The maximum absolute atomic E-state index is 12.7. The summed E-state index contributed by atoms with van der Waals surface area (Å²) in [5, 5.41) is 3.44. The third-order valence-electron chi connectivity index (χ3n) is 4.55. The third kappa shape index (κ3) is 3.73. The molecule has 2 unspecified atom stereocenters. The van der Waals surface area contributed by atoms with E-state index in [1.807, 2.05) is 29.2 Å². The van der Waals surface area contributed by atoms with Crippen molar-refractivity contribution in [1.29, 1.82) is 0 Å². The summed E-state index contributed by atoms with van der Waals surface area (Å²) in [5.74, 6) is 2.32. The van der Waals surface area contributed by atoms with Gasteiger partial charge >= 0.3 is 0 Å². The summed E-state index contributed by atoms with van der Waals surface area (Å²) < 4.78 is 5.62. The molecule has 122 valence electrons. The summed E-state index contributed by atoms with van der Waals surface area (Å²) >= 11 is 0. The minimum atomic E-state index is 0. The second-order valence-electron chi connectivity index (χ2n) is 6.09. The molecule has 2 aliphatic heterocycles. The number of nitrogens with zero attached hydrogens (tertiary/aromatic N) is 1. The van der Waals surface area contributed by atoms with E-state index < -0.39 is 0 Å². The Bertz CT molecular complexity index is 509. The zero-order valence-electron chi connectivity index (χ0n) is 13.1. The Balaban J connectivity index is 0.00000176. The fraction of sp³-hybridized carbons (Fsp3) is 0.588. The number of hydrogen-bond acceptors (Lipinski definition) is 3. The molecule has 1 N–H and O–H groups in total. The van der Waals surface area contributed by atoms with Gasteiger partial charge in [-0.2, -0.15) is 0 Å². The smallest absolute Gasteiger partial charge is 0.253 e. The fourth-order valence-corrected chi connectivity index (χ4v) is 3.34. The zero-order valence-corrected chi connectivity index (χ0v) is 13.9. The first-order valence-electron chi connectivity index (χ1n) is 8.00. The van der Waals surface area contributed by atoms with Crippen molar-refractivity contribution in [1.82, 2.24) is 10.2 Å². The normalized spacial score (nSPS) is 23.6. The van der Waals surface area contributed by atoms with Gasteiger partial charge in [-0.1, -0.05) is 13.0 Å². The Morgan fingerprint density at radius 2 is 2.18 bits per heavy atom. The van der Waals surface area contributed by atoms with Gasteiger partial charge in [0.1, 0.15) is 5.75 Å². The monoisotopic (exact) mass is 324 g/mol. The Morgan fingerprint density at radius 3 is 3.00 bits per heavy atom. The summed E-state index contributed by atoms with van der Waals surface area (Å²) in [7, 11) is 0. The van der Waals surface area contributed by atoms with Crippen molar-refractivity contribution in [3.05, 3.63) is 29.8 Å². The van der Waals surface area contributed by atoms with E-state index in [2.05, 4.69) is 12.2 Å². The number of nitrogens with one attached hydrogen (secondary N) is 1. The molecule has 5 heteroatoms. The third-order valence-corrected chi connectivity index (χ3v) is 4.55. The van der Waals surface area contributed by atoms with E-state index in [1.54, 1.807) is 0 Å². The van der Waals surface area contributed by atoms with Gasteiger partial charge in [-0.05, 0) is 56.0 Å². The summed E-state index contributed by atoms with van der Waals surface area (Å²) in [4.78, 5) is 14.7. The SMILES string of the molecule is CCCOc1cccc(C(=O)N2CCC3CNCC3C2)c1.Cl. The maximum Gasteiger partial charge on any atom is 0.253 e. The first-order chi connectivity index (χ1) is 10.3. The number of hydrogen-bond donors (Lipinski definition) is 1. The number of benzene rings is 1. The summed E-state index contributed by atoms with van der Waals surface area (Å²) in [6, 6.07) is 7.58. The fourth-order valence-electron chi connectivity index (χ4n) is 3.34. The topological polar surface area (TPSA) is 41.6 Å². The highest BCUT2D eigenvalue weighted by molar-refractivity contribution is 5.94. The molecule has 2 aliphatic rings. The first-order valence-corrected chi connectivity index (χ1v) is 8.00. The van der Waals surface area contributed by atoms with Gasteiger partial charge in [0.2, 0.25) is 0 Å². The molecule has 22 heavy (non-hydrogen) atoms. The van der Waals surface area contributed by atoms with E-state index in [0.717, 1.165) is 56.3 Å². The molecule has 1 aromatic rings. The van der Waals surface area contributed by atoms with Crippen molar-refractivity contribution in [2.75, 3.05) is 32.8 Å². The number of rotatable bonds is 4. The molecule has 0 radical (unpaired) electrons. The van der Waals surface area contributed by atoms with E-state index in [1.165, 1.54) is 0 Å². The quantitative estimate of drug-likeness (QED) is 0.925. The Labute approximate surface area is 138 Å². The molecule has 2 saturated heterocycles. The van der Waals surface area contributed by atoms with Crippen LogP contribution in [0.1, 0.15) is 30.1 Å². The van der Waals surface area contributed by atoms with Crippen LogP contribution in [0.15, 0.2) is 24.3 Å². The molecule has 1 amide bonds. The highest BCUT2D eigenvalue weighted by atomic mass is 35.5. The van der Waals surface area contributed by atoms with Crippen molar-refractivity contribution in [2.45, 2.75) is 19.8 Å². The molecule has 0 spiro atoms. The molecule has 3 rings (SSSR count). The van der Waals surface area contributed by atoms with Gasteiger partial charge < -0.3 is 15.0 Å². The predicted molar refractivity (Wildman–Crippen MR) is 89.8 cm³/mol. The van der Waals surface area contributed by atoms with Crippen LogP contribution < -0.4 is 10.1 Å². The number of carbonyl (C=O) groups excluding carboxylic acids is 1. The van der Waals surface area contributed by atoms with Crippen molar-refractivity contribution < 1.29 is 9.53 Å². The lowest BCUT2D eigenvalue weighted by Crippen LogP contribution is -2.43. The number of amides is 1. The van der Waals surface area contributed by atoms with Crippen molar-refractivity contribution in [2.24, 2.45) is 11.8 Å². The van der Waals surface area contributed by atoms with Crippen LogP contribution in [-0.4, -0.2) is 43.6 Å². The average molecular weight is 325 g/mol. The first kappa shape index (κ1) is 17.1. The van der Waals surface area contributed by atoms with Gasteiger partial charge in [-0.25, -0.2) is 0 Å². The van der Waals surface area contributed by atoms with Crippen LogP contribution in [0.3, 0.4) is 0 Å². The maximum atomic E-state index is 12.7. The molecule has 0 aromatic heterocycles. The predicted octanol–water partition coefficient (Wildman–Crippen LogP) is 2.58. The molecule has 2 heterocycles. The van der Waals surface area contributed by atoms with Gasteiger partial charge in [0.05, 0.1) is 6.61 Å². The Hall–Kier alpha value is -1.26. The largest absolute Gasteiger partial charge is 0.494 e. The van der Waals surface area contributed by atoms with E-state index in [0.29, 0.717) is 12.5 Å². The minimum Gasteiger partial charge on any atom is -0.494 e. The Morgan fingerprint density at radius 1 is 1.36 bits per heavy atom. The lowest BCUT2D eigenvalue weighted by atomic mass is 9.88. The molecular formula is C17H25ClN2O2. The van der Waals surface area contributed by atoms with Crippen LogP contribution >= 0.6 is 12.4 Å². The van der Waals surface area contributed by atoms with E-state index in [9.17, 15) is 4.79 Å². The van der Waals surface area contributed by atoms with Crippen LogP contribution in [0, 0.1) is 11.8 Å². The lowest BCUT2D eigenvalue weighted by Gasteiger charge is -2.34. The summed E-state index contributed by atoms with van der Waals surface area (Å²) in [6.45, 7) is 6.70. The van der Waals surface area contributed by atoms with Crippen molar-refractivity contribution >= 4 is 18.3 Å². The van der Waals surface area contributed by atoms with Gasteiger partial charge in [0.25, 0.3) is 5.91 Å². The standard InChI is InChI=1S/C17H24N2O2.ClH/c1-2-8-21-16-5-3-4-13(9-16)17(20)19-7-6-14-10-18-11-15(14)12-19;/h3-5,9,14-15,18H,2,6-8,10-12H2,1H3;1H. The van der Waals surface area contributed by atoms with E-state index in [4.69, 9.17) is 4.74 Å². The second-order valence-corrected chi connectivity index (χ2v) is 6.09. The van der Waals surface area contributed by atoms with Gasteiger partial charge in [0, 0.05) is 18.7 Å². The molecule has 1 aromatic carbocycles. The highest BCUT2D eigenvalue weighted by Gasteiger charge is 2.34. The number of ether oxygens (including phenoxy) is 1. The molecule has 0 aliphatic carbocycles. The van der Waals surface area contributed by atoms with Gasteiger partial charge in [-0.3, -0.25) is 4.79 Å². The molecule has 2 atom stereocenters. The average Bonchev–Trinajstić information content (AvgIpc) is 3.00. The molecular weight excluding hydrogens is 300 g/mol. The number of carbonyl (C=O) groups is 1. The van der Waals surface area contributed by atoms with Crippen LogP contribution in [0.2, 0.25) is 0 Å². The molecule has 0 saturated carbocycles. The van der Waals surface area contributed by atoms with Gasteiger partial charge in [-0.15, -0.1) is 12.4 Å². The number of piperidine rings is 1. The lowest BCUT2D eigenvalue weighted by molar-refractivity contribution is 0.0642. The van der Waals surface area contributed by atoms with E-state index in [-0.39, 0.29) is 18.3 Å². The highest BCUT2D eigenvalue weighted by Crippen LogP contribution is 2.27. The summed E-state index contributed by atoms with van der Waals surface area (Å²) in [6.07, 6.45) is 2.09. The Kier molecular flexibility index (Phi) is 6.09. The number of likely N-dealkylation sites (tertiary alicyclic amines) is 1. The number of fused-ring (bicyclic) bond motifs is 1. The van der Waals surface area contributed by atoms with Crippen molar-refractivity contribution in [3.63, 3.8) is 0 Å². The van der Waals surface area contributed by atoms with Crippen LogP contribution in [0.5, 0.6) is 5.75 Å². The van der Waals surface area contributed by atoms with Crippen molar-refractivity contribution in [3.8, 4) is 5.75 Å². The minimum absolute atomic E-state index is 0. The van der Waals surface area contributed by atoms with Gasteiger partial charge in [0.15, 0.2) is 0 Å². The molecule has 4 nitrogen and oxygen atoms in total. The van der Waals surface area contributed by atoms with E-state index >= 15 is 0 Å². The molecule has 2 fully saturated rings. The van der Waals surface area contributed by atoms with Crippen LogP contribution in [-0.2, 0) is 0 Å².